The van der Waals surface area contributed by atoms with Gasteiger partial charge in [-0.1, -0.05) is 106 Å². The summed E-state index contributed by atoms with van der Waals surface area (Å²) in [6.45, 7) is 0. The second-order valence-corrected chi connectivity index (χ2v) is 21.1. The number of nitrogens with zero attached hydrogens (tertiary/aromatic N) is 4. The van der Waals surface area contributed by atoms with Crippen molar-refractivity contribution in [2.45, 2.75) is 113 Å². The van der Waals surface area contributed by atoms with Gasteiger partial charge < -0.3 is 0 Å². The Labute approximate surface area is 381 Å². The molecule has 2 aromatic carbocycles. The summed E-state index contributed by atoms with van der Waals surface area (Å²) in [5, 5.41) is 40.6. The summed E-state index contributed by atoms with van der Waals surface area (Å²) in [4.78, 5) is 34.1. The van der Waals surface area contributed by atoms with Crippen LogP contribution in [0, 0.1) is 45.3 Å². The molecule has 0 bridgehead atoms. The van der Waals surface area contributed by atoms with E-state index >= 15 is 0 Å². The number of carbonyl (C=O) groups excluding carboxylic acids is 2. The van der Waals surface area contributed by atoms with Gasteiger partial charge in [0, 0.05) is 69.2 Å². The van der Waals surface area contributed by atoms with Gasteiger partial charge in [-0.2, -0.15) is 21.0 Å². The van der Waals surface area contributed by atoms with E-state index in [1.165, 1.54) is 61.0 Å². The zero-order valence-corrected chi connectivity index (χ0v) is 37.1. The van der Waals surface area contributed by atoms with Gasteiger partial charge in [0.2, 0.25) is 0 Å². The largest absolute Gasteiger partial charge is 0.289 e. The minimum Gasteiger partial charge on any atom is -0.289 e. The van der Waals surface area contributed by atoms with Crippen molar-refractivity contribution in [1.29, 1.82) is 21.0 Å². The predicted molar refractivity (Wildman–Crippen MR) is 251 cm³/mol. The number of hydrogen-bond donors (Lipinski definition) is 0. The van der Waals surface area contributed by atoms with Crippen molar-refractivity contribution in [1.82, 2.24) is 0 Å². The Kier molecular flexibility index (Phi) is 8.75. The summed E-state index contributed by atoms with van der Waals surface area (Å²) in [6, 6.07) is 23.2. The first kappa shape index (κ1) is 39.2. The first-order valence-corrected chi connectivity index (χ1v) is 24.6. The van der Waals surface area contributed by atoms with Crippen LogP contribution in [0.15, 0.2) is 94.1 Å². The molecule has 8 aliphatic rings. The molecule has 4 aromatic rings. The first-order valence-electron chi connectivity index (χ1n) is 23.0. The summed E-state index contributed by atoms with van der Waals surface area (Å²) < 4.78 is 0. The van der Waals surface area contributed by atoms with E-state index in [9.17, 15) is 30.6 Å². The third-order valence-electron chi connectivity index (χ3n) is 16.2. The number of ketones is 2. The second-order valence-electron chi connectivity index (χ2n) is 19.0. The molecule has 310 valence electrons. The average Bonchev–Trinajstić information content (AvgIpc) is 4.18. The highest BCUT2D eigenvalue weighted by Gasteiger charge is 2.58. The first-order chi connectivity index (χ1) is 31.3. The van der Waals surface area contributed by atoms with Gasteiger partial charge in [0.25, 0.3) is 0 Å². The van der Waals surface area contributed by atoms with Crippen LogP contribution in [0.25, 0.3) is 33.1 Å². The lowest BCUT2D eigenvalue weighted by atomic mass is 9.58. The lowest BCUT2D eigenvalue weighted by molar-refractivity contribution is 0.103. The van der Waals surface area contributed by atoms with Gasteiger partial charge in [-0.25, -0.2) is 0 Å². The molecule has 0 N–H and O–H groups in total. The molecule has 3 saturated carbocycles. The fourth-order valence-electron chi connectivity index (χ4n) is 13.7. The smallest absolute Gasteiger partial charge is 0.194 e. The monoisotopic (exact) mass is 866 g/mol. The Morgan fingerprint density at radius 2 is 0.812 bits per heavy atom. The van der Waals surface area contributed by atoms with Crippen LogP contribution >= 0.6 is 22.7 Å². The zero-order valence-electron chi connectivity index (χ0n) is 35.5. The van der Waals surface area contributed by atoms with Crippen molar-refractivity contribution in [2.75, 3.05) is 0 Å². The normalized spacial score (nSPS) is 22.3. The molecular formula is C56H42N4O2S2. The maximum absolute atomic E-state index is 14.3. The van der Waals surface area contributed by atoms with Gasteiger partial charge in [-0.15, -0.1) is 22.7 Å². The topological polar surface area (TPSA) is 129 Å². The van der Waals surface area contributed by atoms with Gasteiger partial charge >= 0.3 is 0 Å². The molecule has 2 aromatic heterocycles. The van der Waals surface area contributed by atoms with Crippen LogP contribution in [0.5, 0.6) is 0 Å². The number of Topliss-reactive ketones (excluding diaryl/α,β-unsaturated/α-hetero) is 2. The van der Waals surface area contributed by atoms with Crippen LogP contribution < -0.4 is 0 Å². The van der Waals surface area contributed by atoms with Crippen LogP contribution in [-0.2, 0) is 16.2 Å². The molecule has 0 amide bonds. The minimum atomic E-state index is -0.276. The maximum Gasteiger partial charge on any atom is 0.194 e. The summed E-state index contributed by atoms with van der Waals surface area (Å²) in [6.07, 6.45) is 25.3. The molecule has 0 radical (unpaired) electrons. The Morgan fingerprint density at radius 1 is 0.469 bits per heavy atom. The van der Waals surface area contributed by atoms with E-state index in [0.717, 1.165) is 88.2 Å². The van der Waals surface area contributed by atoms with E-state index in [-0.39, 0.29) is 39.0 Å². The van der Waals surface area contributed by atoms with Gasteiger partial charge in [0.05, 0.1) is 0 Å². The molecule has 0 unspecified atom stereocenters. The van der Waals surface area contributed by atoms with Gasteiger partial charge in [0.15, 0.2) is 11.6 Å². The summed E-state index contributed by atoms with van der Waals surface area (Å²) in [5.74, 6) is -0.249. The Hall–Kier alpha value is -6.42. The predicted octanol–water partition coefficient (Wildman–Crippen LogP) is 13.5. The lowest BCUT2D eigenvalue weighted by Gasteiger charge is -2.44. The zero-order chi connectivity index (χ0) is 43.5. The Morgan fingerprint density at radius 3 is 1.17 bits per heavy atom. The number of allylic oxidation sites excluding steroid dienone is 10. The molecule has 0 saturated heterocycles. The third kappa shape index (κ3) is 5.02. The third-order valence-corrected chi connectivity index (χ3v) is 18.7. The van der Waals surface area contributed by atoms with E-state index in [0.29, 0.717) is 44.5 Å². The van der Waals surface area contributed by atoms with Crippen molar-refractivity contribution in [3.05, 3.63) is 148 Å². The van der Waals surface area contributed by atoms with E-state index in [2.05, 4.69) is 48.6 Å². The van der Waals surface area contributed by atoms with Gasteiger partial charge in [-0.3, -0.25) is 9.59 Å². The molecular weight excluding hydrogens is 825 g/mol. The molecule has 0 aliphatic heterocycles. The van der Waals surface area contributed by atoms with Crippen molar-refractivity contribution >= 4 is 57.5 Å². The Balaban J connectivity index is 1.05. The molecule has 12 rings (SSSR count). The number of nitriles is 4. The standard InChI is InChI=1S/C56H42N4O2S2/c57-28-32(29-58)44-36-14-4-6-16-38(36)50(61)40(44)24-34-26-42-46(54(34)18-8-1-9-19-54)48-52(63-42)53-49(56(48)22-12-3-13-23-56)47-43(64-53)27-35(55(47)20-10-2-11-21-55)25-41-45(33(30-59)31-60)37-15-5-7-17-39(37)51(41)62/h4-7,14-17,24-27H,1-3,8-13,18-23H2/b40-24-,41-25+. The van der Waals surface area contributed by atoms with Crippen LogP contribution in [0.3, 0.4) is 0 Å². The van der Waals surface area contributed by atoms with Crippen LogP contribution in [-0.4, -0.2) is 11.6 Å². The molecule has 3 fully saturated rings. The average molecular weight is 867 g/mol. The number of rotatable bonds is 2. The highest BCUT2D eigenvalue weighted by Crippen LogP contribution is 2.71. The van der Waals surface area contributed by atoms with Crippen molar-refractivity contribution in [2.24, 2.45) is 0 Å². The van der Waals surface area contributed by atoms with E-state index in [4.69, 9.17) is 0 Å². The summed E-state index contributed by atoms with van der Waals surface area (Å²) in [5.41, 5.74) is 11.8. The summed E-state index contributed by atoms with van der Waals surface area (Å²) >= 11 is 3.87. The SMILES string of the molecule is N#CC(C#N)=C1/C(=C/C2=Cc3sc4c(c3C23CCCCC3)C2(CCCCC2)c2c-4sc3c2C2(CCCCC2)C(/C=C2/C(=O)c4ccccc4C2=C(C#N)C#N)=C3)C(=O)c2ccccc21. The van der Waals surface area contributed by atoms with E-state index in [1.807, 2.05) is 71.2 Å². The molecule has 2 heterocycles. The number of thiophene rings is 2. The highest BCUT2D eigenvalue weighted by molar-refractivity contribution is 7.23. The number of carbonyl (C=O) groups is 2. The van der Waals surface area contributed by atoms with E-state index < -0.39 is 0 Å². The highest BCUT2D eigenvalue weighted by atomic mass is 32.1. The van der Waals surface area contributed by atoms with E-state index in [1.54, 1.807) is 0 Å². The fraction of sp³-hybridized carbons (Fsp3) is 0.321. The quantitative estimate of drug-likeness (QED) is 0.146. The number of benzene rings is 2. The lowest BCUT2D eigenvalue weighted by Crippen LogP contribution is -2.37. The molecule has 6 nitrogen and oxygen atoms in total. The van der Waals surface area contributed by atoms with Crippen LogP contribution in [0.4, 0.5) is 0 Å². The van der Waals surface area contributed by atoms with Crippen molar-refractivity contribution < 1.29 is 9.59 Å². The summed E-state index contributed by atoms with van der Waals surface area (Å²) in [7, 11) is 0. The minimum absolute atomic E-state index is 0.0270. The Bertz CT molecular complexity index is 2990. The van der Waals surface area contributed by atoms with Crippen molar-refractivity contribution in [3.8, 4) is 34.0 Å². The maximum atomic E-state index is 14.3. The van der Waals surface area contributed by atoms with Crippen LogP contribution in [0.1, 0.15) is 160 Å². The van der Waals surface area contributed by atoms with Crippen molar-refractivity contribution in [3.63, 3.8) is 0 Å². The molecule has 64 heavy (non-hydrogen) atoms. The van der Waals surface area contributed by atoms with Gasteiger partial charge in [-0.05, 0) is 107 Å². The second kappa shape index (κ2) is 14.3. The fourth-order valence-corrected chi connectivity index (χ4v) is 16.7. The molecule has 8 heteroatoms. The van der Waals surface area contributed by atoms with Crippen LogP contribution in [0.2, 0.25) is 0 Å². The molecule has 0 atom stereocenters. The van der Waals surface area contributed by atoms with Gasteiger partial charge in [0.1, 0.15) is 35.4 Å². The molecule has 3 spiro atoms. The molecule has 8 aliphatic carbocycles. The number of hydrogen-bond acceptors (Lipinski definition) is 8. The number of fused-ring (bicyclic) bond motifs is 13.